The van der Waals surface area contributed by atoms with Gasteiger partial charge in [0.25, 0.3) is 0 Å². The summed E-state index contributed by atoms with van der Waals surface area (Å²) < 4.78 is 0.771. The summed E-state index contributed by atoms with van der Waals surface area (Å²) in [5.41, 5.74) is 4.21. The van der Waals surface area contributed by atoms with Crippen molar-refractivity contribution in [3.63, 3.8) is 0 Å². The summed E-state index contributed by atoms with van der Waals surface area (Å²) in [4.78, 5) is 2.48. The molecule has 0 radical (unpaired) electrons. The molecule has 20 heavy (non-hydrogen) atoms. The fourth-order valence-corrected chi connectivity index (χ4v) is 3.21. The third-order valence-corrected chi connectivity index (χ3v) is 4.57. The highest BCUT2D eigenvalue weighted by atomic mass is 79.9. The van der Waals surface area contributed by atoms with Crippen LogP contribution in [0.2, 0.25) is 0 Å². The normalized spacial score (nSPS) is 15.7. The molecule has 2 aromatic carbocycles. The molecule has 3 heteroatoms. The van der Waals surface area contributed by atoms with E-state index >= 15 is 0 Å². The van der Waals surface area contributed by atoms with Gasteiger partial charge in [0.2, 0.25) is 0 Å². The number of benzene rings is 2. The first-order chi connectivity index (χ1) is 9.72. The molecule has 1 N–H and O–H groups in total. The van der Waals surface area contributed by atoms with Crippen LogP contribution >= 0.6 is 15.9 Å². The molecule has 1 heterocycles. The highest BCUT2D eigenvalue weighted by Crippen LogP contribution is 2.25. The molecule has 0 unspecified atom stereocenters. The molecule has 0 amide bonds. The monoisotopic (exact) mass is 331 g/mol. The average molecular weight is 332 g/mol. The van der Waals surface area contributed by atoms with Crippen molar-refractivity contribution < 1.29 is 5.11 Å². The van der Waals surface area contributed by atoms with E-state index in [0.717, 1.165) is 36.9 Å². The third-order valence-electron chi connectivity index (χ3n) is 3.93. The number of aromatic hydroxyl groups is 1. The molecule has 1 aliphatic rings. The molecule has 1 aliphatic heterocycles. The van der Waals surface area contributed by atoms with Crippen LogP contribution in [0.1, 0.15) is 16.7 Å². The number of hydrogen-bond donors (Lipinski definition) is 1. The highest BCUT2D eigenvalue weighted by Gasteiger charge is 2.14. The summed E-state index contributed by atoms with van der Waals surface area (Å²) in [6.45, 7) is 3.12. The van der Waals surface area contributed by atoms with Gasteiger partial charge >= 0.3 is 0 Å². The number of phenolic OH excluding ortho intramolecular Hbond substituents is 1. The largest absolute Gasteiger partial charge is 0.507 e. The Morgan fingerprint density at radius 1 is 1.00 bits per heavy atom. The van der Waals surface area contributed by atoms with Crippen LogP contribution in [0, 0.1) is 0 Å². The summed E-state index contributed by atoms with van der Waals surface area (Å²) in [5.74, 6) is 0.303. The minimum absolute atomic E-state index is 0.303. The van der Waals surface area contributed by atoms with Gasteiger partial charge in [0.15, 0.2) is 0 Å². The SMILES string of the molecule is Oc1ccc(CN2CCc3ccccc3CC2)cc1Br. The lowest BCUT2D eigenvalue weighted by Gasteiger charge is -2.20. The molecule has 0 atom stereocenters. The van der Waals surface area contributed by atoms with Gasteiger partial charge in [-0.05, 0) is 57.6 Å². The van der Waals surface area contributed by atoms with Crippen LogP contribution in [0.15, 0.2) is 46.9 Å². The zero-order valence-corrected chi connectivity index (χ0v) is 12.9. The molecule has 2 aromatic rings. The first kappa shape index (κ1) is 13.7. The first-order valence-corrected chi connectivity index (χ1v) is 7.78. The maximum Gasteiger partial charge on any atom is 0.129 e. The van der Waals surface area contributed by atoms with Crippen LogP contribution in [-0.4, -0.2) is 23.1 Å². The third kappa shape index (κ3) is 3.05. The van der Waals surface area contributed by atoms with Crippen LogP contribution < -0.4 is 0 Å². The summed E-state index contributed by atoms with van der Waals surface area (Å²) in [6, 6.07) is 14.5. The highest BCUT2D eigenvalue weighted by molar-refractivity contribution is 9.10. The number of halogens is 1. The maximum atomic E-state index is 9.55. The number of phenols is 1. The van der Waals surface area contributed by atoms with Gasteiger partial charge in [-0.1, -0.05) is 30.3 Å². The maximum absolute atomic E-state index is 9.55. The Balaban J connectivity index is 1.69. The van der Waals surface area contributed by atoms with E-state index in [4.69, 9.17) is 0 Å². The second-order valence-corrected chi connectivity index (χ2v) is 6.18. The number of hydrogen-bond acceptors (Lipinski definition) is 2. The van der Waals surface area contributed by atoms with Gasteiger partial charge < -0.3 is 5.11 Å². The van der Waals surface area contributed by atoms with Gasteiger partial charge in [-0.2, -0.15) is 0 Å². The van der Waals surface area contributed by atoms with Crippen molar-refractivity contribution in [1.82, 2.24) is 4.90 Å². The van der Waals surface area contributed by atoms with E-state index in [1.54, 1.807) is 6.07 Å². The predicted molar refractivity (Wildman–Crippen MR) is 84.9 cm³/mol. The van der Waals surface area contributed by atoms with Gasteiger partial charge in [-0.3, -0.25) is 4.90 Å². The number of rotatable bonds is 2. The van der Waals surface area contributed by atoms with E-state index in [1.165, 1.54) is 16.7 Å². The Morgan fingerprint density at radius 3 is 2.25 bits per heavy atom. The van der Waals surface area contributed by atoms with E-state index < -0.39 is 0 Å². The fraction of sp³-hybridized carbons (Fsp3) is 0.294. The molecule has 0 saturated heterocycles. The average Bonchev–Trinajstić information content (AvgIpc) is 2.66. The van der Waals surface area contributed by atoms with Crippen molar-refractivity contribution in [3.8, 4) is 5.75 Å². The summed E-state index contributed by atoms with van der Waals surface area (Å²) in [6.07, 6.45) is 2.24. The summed E-state index contributed by atoms with van der Waals surface area (Å²) in [5, 5.41) is 9.55. The van der Waals surface area contributed by atoms with Crippen molar-refractivity contribution >= 4 is 15.9 Å². The Kier molecular flexibility index (Phi) is 4.08. The predicted octanol–water partition coefficient (Wildman–Crippen LogP) is 3.76. The van der Waals surface area contributed by atoms with Crippen molar-refractivity contribution in [3.05, 3.63) is 63.6 Å². The lowest BCUT2D eigenvalue weighted by atomic mass is 10.0. The zero-order valence-electron chi connectivity index (χ0n) is 11.3. The summed E-state index contributed by atoms with van der Waals surface area (Å²) in [7, 11) is 0. The van der Waals surface area contributed by atoms with Crippen LogP contribution in [0.5, 0.6) is 5.75 Å². The Bertz CT molecular complexity index is 585. The van der Waals surface area contributed by atoms with E-state index in [-0.39, 0.29) is 0 Å². The van der Waals surface area contributed by atoms with E-state index in [2.05, 4.69) is 45.1 Å². The van der Waals surface area contributed by atoms with Gasteiger partial charge in [0, 0.05) is 19.6 Å². The molecule has 0 spiro atoms. The Morgan fingerprint density at radius 2 is 1.65 bits per heavy atom. The topological polar surface area (TPSA) is 23.5 Å². The first-order valence-electron chi connectivity index (χ1n) is 6.99. The minimum Gasteiger partial charge on any atom is -0.507 e. The second-order valence-electron chi connectivity index (χ2n) is 5.33. The van der Waals surface area contributed by atoms with E-state index in [1.807, 2.05) is 12.1 Å². The van der Waals surface area contributed by atoms with E-state index in [9.17, 15) is 5.11 Å². The molecule has 0 fully saturated rings. The summed E-state index contributed by atoms with van der Waals surface area (Å²) >= 11 is 3.38. The lowest BCUT2D eigenvalue weighted by molar-refractivity contribution is 0.279. The standard InChI is InChI=1S/C17H18BrNO/c18-16-11-13(5-6-17(16)20)12-19-9-7-14-3-1-2-4-15(14)8-10-19/h1-6,11,20H,7-10,12H2. The molecule has 2 nitrogen and oxygen atoms in total. The molecular weight excluding hydrogens is 314 g/mol. The van der Waals surface area contributed by atoms with Crippen LogP contribution in [0.4, 0.5) is 0 Å². The van der Waals surface area contributed by atoms with Gasteiger partial charge in [0.1, 0.15) is 5.75 Å². The van der Waals surface area contributed by atoms with Crippen molar-refractivity contribution in [1.29, 1.82) is 0 Å². The molecule has 3 rings (SSSR count). The zero-order chi connectivity index (χ0) is 13.9. The molecular formula is C17H18BrNO. The molecule has 0 aromatic heterocycles. The van der Waals surface area contributed by atoms with E-state index in [0.29, 0.717) is 5.75 Å². The fourth-order valence-electron chi connectivity index (χ4n) is 2.78. The lowest BCUT2D eigenvalue weighted by Crippen LogP contribution is -2.25. The van der Waals surface area contributed by atoms with Gasteiger partial charge in [0.05, 0.1) is 4.47 Å². The number of fused-ring (bicyclic) bond motifs is 1. The van der Waals surface area contributed by atoms with Gasteiger partial charge in [-0.25, -0.2) is 0 Å². The molecule has 0 bridgehead atoms. The van der Waals surface area contributed by atoms with Crippen LogP contribution in [-0.2, 0) is 19.4 Å². The second kappa shape index (κ2) is 5.98. The minimum atomic E-state index is 0.303. The quantitative estimate of drug-likeness (QED) is 0.905. The Labute approximate surface area is 128 Å². The smallest absolute Gasteiger partial charge is 0.129 e. The van der Waals surface area contributed by atoms with Crippen molar-refractivity contribution in [2.45, 2.75) is 19.4 Å². The number of nitrogens with zero attached hydrogens (tertiary/aromatic N) is 1. The van der Waals surface area contributed by atoms with Crippen molar-refractivity contribution in [2.24, 2.45) is 0 Å². The molecule has 0 saturated carbocycles. The van der Waals surface area contributed by atoms with Crippen LogP contribution in [0.3, 0.4) is 0 Å². The molecule has 104 valence electrons. The van der Waals surface area contributed by atoms with Crippen LogP contribution in [0.25, 0.3) is 0 Å². The Hall–Kier alpha value is -1.32. The van der Waals surface area contributed by atoms with Gasteiger partial charge in [-0.15, -0.1) is 0 Å². The molecule has 0 aliphatic carbocycles. The van der Waals surface area contributed by atoms with Crippen molar-refractivity contribution in [2.75, 3.05) is 13.1 Å².